The van der Waals surface area contributed by atoms with Crippen LogP contribution in [0.1, 0.15) is 66.7 Å². The summed E-state index contributed by atoms with van der Waals surface area (Å²) in [6.07, 6.45) is 6.82. The molecule has 3 atom stereocenters. The van der Waals surface area contributed by atoms with Crippen LogP contribution in [-0.4, -0.2) is 12.1 Å². The molecule has 1 aliphatic carbocycles. The summed E-state index contributed by atoms with van der Waals surface area (Å²) in [5.74, 6) is 0.801. The molecule has 1 N–H and O–H groups in total. The van der Waals surface area contributed by atoms with E-state index in [9.17, 15) is 0 Å². The summed E-state index contributed by atoms with van der Waals surface area (Å²) < 4.78 is 0. The minimum Gasteiger partial charge on any atom is -0.311 e. The van der Waals surface area contributed by atoms with Crippen LogP contribution in [-0.2, 0) is 0 Å². The minimum atomic E-state index is 0.561. The van der Waals surface area contributed by atoms with Crippen molar-refractivity contribution < 1.29 is 0 Å². The molecule has 0 radical (unpaired) electrons. The summed E-state index contributed by atoms with van der Waals surface area (Å²) in [6.45, 7) is 11.8. The minimum absolute atomic E-state index is 0.561. The summed E-state index contributed by atoms with van der Waals surface area (Å²) in [5.41, 5.74) is 0.561. The first-order valence-electron chi connectivity index (χ1n) is 6.70. The molecular weight excluding hydrogens is 182 g/mol. The molecule has 0 bridgehead atoms. The van der Waals surface area contributed by atoms with E-state index >= 15 is 0 Å². The van der Waals surface area contributed by atoms with Gasteiger partial charge in [0, 0.05) is 12.1 Å². The molecular formula is C14H29N. The highest BCUT2D eigenvalue weighted by atomic mass is 15.0. The zero-order chi connectivity index (χ0) is 11.5. The highest BCUT2D eigenvalue weighted by molar-refractivity contribution is 4.85. The Morgan fingerprint density at radius 3 is 2.53 bits per heavy atom. The van der Waals surface area contributed by atoms with Crippen molar-refractivity contribution in [3.63, 3.8) is 0 Å². The SMILES string of the molecule is CCC(C)C(C)NC1CCCC(C)(C)C1. The van der Waals surface area contributed by atoms with Gasteiger partial charge >= 0.3 is 0 Å². The van der Waals surface area contributed by atoms with Gasteiger partial charge in [-0.25, -0.2) is 0 Å². The van der Waals surface area contributed by atoms with Crippen LogP contribution >= 0.6 is 0 Å². The van der Waals surface area contributed by atoms with Crippen LogP contribution < -0.4 is 5.32 Å². The maximum absolute atomic E-state index is 3.83. The van der Waals surface area contributed by atoms with E-state index in [-0.39, 0.29) is 0 Å². The molecule has 1 aliphatic rings. The van der Waals surface area contributed by atoms with E-state index in [2.05, 4.69) is 39.9 Å². The molecule has 0 aliphatic heterocycles. The zero-order valence-electron chi connectivity index (χ0n) is 11.3. The van der Waals surface area contributed by atoms with Crippen molar-refractivity contribution in [1.29, 1.82) is 0 Å². The lowest BCUT2D eigenvalue weighted by atomic mass is 9.75. The molecule has 0 heterocycles. The van der Waals surface area contributed by atoms with E-state index in [1.165, 1.54) is 32.1 Å². The summed E-state index contributed by atoms with van der Waals surface area (Å²) in [4.78, 5) is 0. The first-order chi connectivity index (χ1) is 6.94. The number of hydrogen-bond donors (Lipinski definition) is 1. The van der Waals surface area contributed by atoms with E-state index in [1.54, 1.807) is 0 Å². The Morgan fingerprint density at radius 1 is 1.33 bits per heavy atom. The molecule has 3 unspecified atom stereocenters. The summed E-state index contributed by atoms with van der Waals surface area (Å²) in [6, 6.07) is 1.44. The molecule has 0 aromatic heterocycles. The Hall–Kier alpha value is -0.0400. The van der Waals surface area contributed by atoms with Gasteiger partial charge in [0.25, 0.3) is 0 Å². The predicted molar refractivity (Wildman–Crippen MR) is 68.1 cm³/mol. The molecule has 0 aromatic rings. The Labute approximate surface area is 96.0 Å². The molecule has 90 valence electrons. The van der Waals surface area contributed by atoms with Crippen LogP contribution in [0.5, 0.6) is 0 Å². The molecule has 0 spiro atoms. The number of rotatable bonds is 4. The molecule has 0 saturated heterocycles. The third-order valence-corrected chi connectivity index (χ3v) is 4.20. The van der Waals surface area contributed by atoms with E-state index in [0.29, 0.717) is 11.5 Å². The van der Waals surface area contributed by atoms with Crippen molar-refractivity contribution in [2.75, 3.05) is 0 Å². The second-order valence-corrected chi connectivity index (χ2v) is 6.30. The van der Waals surface area contributed by atoms with E-state index in [0.717, 1.165) is 12.0 Å². The largest absolute Gasteiger partial charge is 0.311 e. The van der Waals surface area contributed by atoms with Gasteiger partial charge in [0.2, 0.25) is 0 Å². The molecule has 0 aromatic carbocycles. The number of hydrogen-bond acceptors (Lipinski definition) is 1. The van der Waals surface area contributed by atoms with Crippen molar-refractivity contribution in [2.24, 2.45) is 11.3 Å². The molecule has 1 fully saturated rings. The maximum atomic E-state index is 3.83. The van der Waals surface area contributed by atoms with Gasteiger partial charge in [-0.15, -0.1) is 0 Å². The Bertz CT molecular complexity index is 186. The van der Waals surface area contributed by atoms with Crippen molar-refractivity contribution in [3.8, 4) is 0 Å². The third kappa shape index (κ3) is 4.14. The fourth-order valence-electron chi connectivity index (χ4n) is 2.73. The topological polar surface area (TPSA) is 12.0 Å². The summed E-state index contributed by atoms with van der Waals surface area (Å²) >= 11 is 0. The molecule has 1 saturated carbocycles. The van der Waals surface area contributed by atoms with Crippen LogP contribution in [0.4, 0.5) is 0 Å². The average Bonchev–Trinajstić information content (AvgIpc) is 2.14. The fraction of sp³-hybridized carbons (Fsp3) is 1.00. The van der Waals surface area contributed by atoms with Crippen molar-refractivity contribution in [1.82, 2.24) is 5.32 Å². The van der Waals surface area contributed by atoms with Gasteiger partial charge < -0.3 is 5.32 Å². The first-order valence-corrected chi connectivity index (χ1v) is 6.70. The Balaban J connectivity index is 2.38. The molecule has 1 nitrogen and oxygen atoms in total. The molecule has 0 amide bonds. The standard InChI is InChI=1S/C14H29N/c1-6-11(2)12(3)15-13-8-7-9-14(4,5)10-13/h11-13,15H,6-10H2,1-5H3. The smallest absolute Gasteiger partial charge is 0.00747 e. The van der Waals surface area contributed by atoms with Gasteiger partial charge in [0.1, 0.15) is 0 Å². The Kier molecular flexibility index (Phi) is 4.64. The molecule has 1 rings (SSSR count). The normalized spacial score (nSPS) is 29.8. The van der Waals surface area contributed by atoms with Gasteiger partial charge in [-0.3, -0.25) is 0 Å². The van der Waals surface area contributed by atoms with Crippen LogP contribution in [0.3, 0.4) is 0 Å². The zero-order valence-corrected chi connectivity index (χ0v) is 11.3. The van der Waals surface area contributed by atoms with E-state index < -0.39 is 0 Å². The summed E-state index contributed by atoms with van der Waals surface area (Å²) in [7, 11) is 0. The predicted octanol–water partition coefficient (Wildman–Crippen LogP) is 3.98. The van der Waals surface area contributed by atoms with Gasteiger partial charge in [-0.05, 0) is 37.5 Å². The second kappa shape index (κ2) is 5.34. The molecule has 1 heteroatoms. The lowest BCUT2D eigenvalue weighted by Gasteiger charge is -2.38. The van der Waals surface area contributed by atoms with Crippen LogP contribution in [0.15, 0.2) is 0 Å². The van der Waals surface area contributed by atoms with Crippen molar-refractivity contribution in [2.45, 2.75) is 78.8 Å². The fourth-order valence-corrected chi connectivity index (χ4v) is 2.73. The van der Waals surface area contributed by atoms with Crippen molar-refractivity contribution >= 4 is 0 Å². The highest BCUT2D eigenvalue weighted by Gasteiger charge is 2.28. The van der Waals surface area contributed by atoms with Gasteiger partial charge in [-0.2, -0.15) is 0 Å². The third-order valence-electron chi connectivity index (χ3n) is 4.20. The van der Waals surface area contributed by atoms with E-state index in [1.807, 2.05) is 0 Å². The van der Waals surface area contributed by atoms with Crippen LogP contribution in [0.2, 0.25) is 0 Å². The van der Waals surface area contributed by atoms with Crippen molar-refractivity contribution in [3.05, 3.63) is 0 Å². The van der Waals surface area contributed by atoms with Crippen LogP contribution in [0, 0.1) is 11.3 Å². The average molecular weight is 211 g/mol. The maximum Gasteiger partial charge on any atom is 0.00747 e. The van der Waals surface area contributed by atoms with E-state index in [4.69, 9.17) is 0 Å². The highest BCUT2D eigenvalue weighted by Crippen LogP contribution is 2.35. The lowest BCUT2D eigenvalue weighted by Crippen LogP contribution is -2.44. The first kappa shape index (κ1) is 13.0. The van der Waals surface area contributed by atoms with Gasteiger partial charge in [0.05, 0.1) is 0 Å². The Morgan fingerprint density at radius 2 is 2.00 bits per heavy atom. The second-order valence-electron chi connectivity index (χ2n) is 6.30. The van der Waals surface area contributed by atoms with Gasteiger partial charge in [0.15, 0.2) is 0 Å². The van der Waals surface area contributed by atoms with Crippen LogP contribution in [0.25, 0.3) is 0 Å². The lowest BCUT2D eigenvalue weighted by molar-refractivity contribution is 0.181. The van der Waals surface area contributed by atoms with Gasteiger partial charge in [-0.1, -0.05) is 40.5 Å². The number of nitrogens with one attached hydrogen (secondary N) is 1. The molecule has 15 heavy (non-hydrogen) atoms. The quantitative estimate of drug-likeness (QED) is 0.741. The summed E-state index contributed by atoms with van der Waals surface area (Å²) in [5, 5.41) is 3.83. The monoisotopic (exact) mass is 211 g/mol.